The molecule has 0 aliphatic heterocycles. The van der Waals surface area contributed by atoms with Crippen LogP contribution in [-0.4, -0.2) is 21.9 Å². The number of rotatable bonds is 7. The van der Waals surface area contributed by atoms with Gasteiger partial charge < -0.3 is 14.1 Å². The van der Waals surface area contributed by atoms with Crippen molar-refractivity contribution in [2.24, 2.45) is 0 Å². The molecule has 0 saturated carbocycles. The molecule has 0 unspecified atom stereocenters. The van der Waals surface area contributed by atoms with Crippen LogP contribution >= 0.6 is 11.6 Å². The number of aromatic nitrogens is 1. The first-order valence-corrected chi connectivity index (χ1v) is 10.2. The first-order chi connectivity index (χ1) is 15.0. The topological polar surface area (TPSA) is 55.6 Å². The van der Waals surface area contributed by atoms with E-state index in [0.717, 1.165) is 5.56 Å². The van der Waals surface area contributed by atoms with Crippen molar-refractivity contribution in [3.05, 3.63) is 95.1 Å². The Morgan fingerprint density at radius 3 is 2.58 bits per heavy atom. The third-order valence-corrected chi connectivity index (χ3v) is 4.96. The van der Waals surface area contributed by atoms with Gasteiger partial charge in [0.1, 0.15) is 17.1 Å². The van der Waals surface area contributed by atoms with Crippen LogP contribution in [0.5, 0.6) is 5.75 Å². The Labute approximate surface area is 184 Å². The van der Waals surface area contributed by atoms with Crippen molar-refractivity contribution in [3.63, 3.8) is 0 Å². The van der Waals surface area contributed by atoms with Gasteiger partial charge in [-0.15, -0.1) is 0 Å². The van der Waals surface area contributed by atoms with Gasteiger partial charge in [-0.3, -0.25) is 4.79 Å². The lowest BCUT2D eigenvalue weighted by molar-refractivity contribution is -0.139. The van der Waals surface area contributed by atoms with Gasteiger partial charge in [0, 0.05) is 11.6 Å². The first-order valence-electron chi connectivity index (χ1n) is 9.78. The molecule has 7 heteroatoms. The molecule has 1 aromatic heterocycles. The summed E-state index contributed by atoms with van der Waals surface area (Å²) < 4.78 is 24.9. The van der Waals surface area contributed by atoms with Crippen LogP contribution in [0.4, 0.5) is 4.39 Å². The number of nitrogens with zero attached hydrogens (tertiary/aromatic N) is 2. The summed E-state index contributed by atoms with van der Waals surface area (Å²) in [5.41, 5.74) is 1.98. The quantitative estimate of drug-likeness (QED) is 0.376. The van der Waals surface area contributed by atoms with Crippen LogP contribution in [0.1, 0.15) is 18.4 Å². The standard InChI is InChI=1S/C24H20ClFN2O3/c1-16(30-20-5-3-2-4-6-20)24(29)28(14-17-7-10-19(26)11-8-17)15-23-27-21-13-18(25)9-12-22(21)31-23/h2-13,16H,14-15H2,1H3/t16-/m0/s1. The van der Waals surface area contributed by atoms with E-state index in [2.05, 4.69) is 4.98 Å². The van der Waals surface area contributed by atoms with Gasteiger partial charge in [-0.1, -0.05) is 41.9 Å². The van der Waals surface area contributed by atoms with Gasteiger partial charge in [0.2, 0.25) is 5.89 Å². The summed E-state index contributed by atoms with van der Waals surface area (Å²) in [4.78, 5) is 19.3. The summed E-state index contributed by atoms with van der Waals surface area (Å²) in [6, 6.07) is 20.3. The van der Waals surface area contributed by atoms with E-state index in [1.54, 1.807) is 54.3 Å². The van der Waals surface area contributed by atoms with Gasteiger partial charge in [-0.05, 0) is 55.0 Å². The average Bonchev–Trinajstić information content (AvgIpc) is 3.16. The average molecular weight is 439 g/mol. The van der Waals surface area contributed by atoms with Gasteiger partial charge in [-0.25, -0.2) is 9.37 Å². The lowest BCUT2D eigenvalue weighted by Crippen LogP contribution is -2.39. The monoisotopic (exact) mass is 438 g/mol. The highest BCUT2D eigenvalue weighted by atomic mass is 35.5. The minimum atomic E-state index is -0.735. The second-order valence-electron chi connectivity index (χ2n) is 7.11. The van der Waals surface area contributed by atoms with Crippen LogP contribution in [0.15, 0.2) is 77.2 Å². The normalized spacial score (nSPS) is 12.0. The minimum absolute atomic E-state index is 0.130. The van der Waals surface area contributed by atoms with Crippen molar-refractivity contribution >= 4 is 28.6 Å². The van der Waals surface area contributed by atoms with Crippen LogP contribution in [0.2, 0.25) is 5.02 Å². The fraction of sp³-hybridized carbons (Fsp3) is 0.167. The lowest BCUT2D eigenvalue weighted by atomic mass is 10.2. The maximum Gasteiger partial charge on any atom is 0.264 e. The number of amides is 1. The number of hydrogen-bond acceptors (Lipinski definition) is 4. The lowest BCUT2D eigenvalue weighted by Gasteiger charge is -2.25. The molecule has 5 nitrogen and oxygen atoms in total. The fourth-order valence-electron chi connectivity index (χ4n) is 3.21. The zero-order valence-electron chi connectivity index (χ0n) is 16.8. The van der Waals surface area contributed by atoms with E-state index in [4.69, 9.17) is 20.8 Å². The predicted molar refractivity (Wildman–Crippen MR) is 116 cm³/mol. The summed E-state index contributed by atoms with van der Waals surface area (Å²) in [5, 5.41) is 0.552. The van der Waals surface area contributed by atoms with E-state index in [-0.39, 0.29) is 24.8 Å². The van der Waals surface area contributed by atoms with E-state index < -0.39 is 6.10 Å². The number of oxazole rings is 1. The molecule has 0 spiro atoms. The molecule has 0 bridgehead atoms. The number of benzene rings is 3. The summed E-state index contributed by atoms with van der Waals surface area (Å²) in [6.45, 7) is 2.07. The highest BCUT2D eigenvalue weighted by Gasteiger charge is 2.24. The summed E-state index contributed by atoms with van der Waals surface area (Å²) in [7, 11) is 0. The smallest absolute Gasteiger partial charge is 0.264 e. The van der Waals surface area contributed by atoms with Crippen LogP contribution < -0.4 is 4.74 Å². The number of carbonyl (C=O) groups is 1. The molecule has 0 saturated heterocycles. The summed E-state index contributed by atoms with van der Waals surface area (Å²) in [6.07, 6.45) is -0.735. The van der Waals surface area contributed by atoms with Crippen molar-refractivity contribution in [2.75, 3.05) is 0 Å². The second kappa shape index (κ2) is 9.18. The number of fused-ring (bicyclic) bond motifs is 1. The Hall–Kier alpha value is -3.38. The van der Waals surface area contributed by atoms with Crippen LogP contribution in [0.3, 0.4) is 0 Å². The molecule has 0 aliphatic rings. The minimum Gasteiger partial charge on any atom is -0.481 e. The third kappa shape index (κ3) is 5.22. The summed E-state index contributed by atoms with van der Waals surface area (Å²) in [5.74, 6) is 0.396. The zero-order valence-corrected chi connectivity index (χ0v) is 17.6. The van der Waals surface area contributed by atoms with Gasteiger partial charge in [0.25, 0.3) is 5.91 Å². The van der Waals surface area contributed by atoms with Crippen molar-refractivity contribution in [1.29, 1.82) is 0 Å². The number of para-hydroxylation sites is 1. The number of hydrogen-bond donors (Lipinski definition) is 0. The van der Waals surface area contributed by atoms with Crippen LogP contribution in [0.25, 0.3) is 11.1 Å². The highest BCUT2D eigenvalue weighted by molar-refractivity contribution is 6.31. The second-order valence-corrected chi connectivity index (χ2v) is 7.55. The van der Waals surface area contributed by atoms with Crippen molar-refractivity contribution in [2.45, 2.75) is 26.1 Å². The molecule has 0 radical (unpaired) electrons. The molecule has 0 N–H and O–H groups in total. The molecule has 3 aromatic carbocycles. The molecule has 31 heavy (non-hydrogen) atoms. The Morgan fingerprint density at radius 1 is 1.10 bits per heavy atom. The van der Waals surface area contributed by atoms with E-state index in [1.807, 2.05) is 18.2 Å². The SMILES string of the molecule is C[C@H](Oc1ccccc1)C(=O)N(Cc1ccc(F)cc1)Cc1nc2cc(Cl)ccc2o1. The molecule has 0 fully saturated rings. The van der Waals surface area contributed by atoms with Crippen LogP contribution in [0, 0.1) is 5.82 Å². The number of carbonyl (C=O) groups excluding carboxylic acids is 1. The Balaban J connectivity index is 1.57. The van der Waals surface area contributed by atoms with E-state index >= 15 is 0 Å². The molecule has 158 valence electrons. The molecule has 1 heterocycles. The molecule has 0 aliphatic carbocycles. The van der Waals surface area contributed by atoms with Crippen molar-refractivity contribution < 1.29 is 18.3 Å². The predicted octanol–water partition coefficient (Wildman–Crippen LogP) is 5.62. The molecule has 1 atom stereocenters. The Kier molecular flexibility index (Phi) is 6.18. The molecule has 1 amide bonds. The van der Waals surface area contributed by atoms with E-state index in [1.165, 1.54) is 12.1 Å². The maximum absolute atomic E-state index is 13.3. The fourth-order valence-corrected chi connectivity index (χ4v) is 3.38. The van der Waals surface area contributed by atoms with E-state index in [9.17, 15) is 9.18 Å². The maximum atomic E-state index is 13.3. The third-order valence-electron chi connectivity index (χ3n) is 4.72. The Bertz CT molecular complexity index is 1180. The van der Waals surface area contributed by atoms with Crippen molar-refractivity contribution in [1.82, 2.24) is 9.88 Å². The molecular weight excluding hydrogens is 419 g/mol. The van der Waals surface area contributed by atoms with E-state index in [0.29, 0.717) is 27.8 Å². The van der Waals surface area contributed by atoms with Gasteiger partial charge >= 0.3 is 0 Å². The highest BCUT2D eigenvalue weighted by Crippen LogP contribution is 2.22. The molecule has 4 aromatic rings. The zero-order chi connectivity index (χ0) is 21.8. The molecule has 4 rings (SSSR count). The number of ether oxygens (including phenoxy) is 1. The van der Waals surface area contributed by atoms with Crippen molar-refractivity contribution in [3.8, 4) is 5.75 Å². The summed E-state index contributed by atoms with van der Waals surface area (Å²) >= 11 is 6.03. The van der Waals surface area contributed by atoms with Gasteiger partial charge in [-0.2, -0.15) is 0 Å². The Morgan fingerprint density at radius 2 is 1.84 bits per heavy atom. The van der Waals surface area contributed by atoms with Crippen LogP contribution in [-0.2, 0) is 17.9 Å². The van der Waals surface area contributed by atoms with Gasteiger partial charge in [0.05, 0.1) is 6.54 Å². The first kappa shape index (κ1) is 20.9. The van der Waals surface area contributed by atoms with Gasteiger partial charge in [0.15, 0.2) is 11.7 Å². The molecular formula is C24H20ClFN2O3. The largest absolute Gasteiger partial charge is 0.481 e. The number of halogens is 2.